The minimum absolute atomic E-state index is 0.0194. The van der Waals surface area contributed by atoms with Gasteiger partial charge in [-0.2, -0.15) is 23.5 Å². The largest absolute Gasteiger partial charge is 0.469 e. The first-order valence-corrected chi connectivity index (χ1v) is 35.8. The molecule has 0 bridgehead atoms. The van der Waals surface area contributed by atoms with Crippen LogP contribution < -0.4 is 80.2 Å². The number of aliphatic hydroxyl groups excluding tert-OH is 2. The molecule has 0 aliphatic carbocycles. The Morgan fingerprint density at radius 2 is 1.23 bits per heavy atom. The first-order valence-electron chi connectivity index (χ1n) is 31.9. The number of amides is 16. The molecule has 0 aromatic carbocycles. The highest BCUT2D eigenvalue weighted by Crippen LogP contribution is 2.36. The van der Waals surface area contributed by atoms with Crippen LogP contribution in [0, 0.1) is 11.8 Å². The fraction of sp³-hybridized carbons (Fsp3) is 0.684. The first-order chi connectivity index (χ1) is 46.7. The summed E-state index contributed by atoms with van der Waals surface area (Å²) in [6.45, 7) is 3.90. The van der Waals surface area contributed by atoms with Gasteiger partial charge in [0, 0.05) is 42.3 Å². The van der Waals surface area contributed by atoms with Gasteiger partial charge in [-0.15, -0.1) is 0 Å². The molecular weight excluding hydrogens is 1370 g/mol. The third-order valence-corrected chi connectivity index (χ3v) is 18.4. The molecule has 99 heavy (non-hydrogen) atoms. The number of unbranched alkanes of at least 4 members (excludes halogenated alkanes) is 1. The third-order valence-electron chi connectivity index (χ3n) is 15.8. The van der Waals surface area contributed by atoms with Crippen molar-refractivity contribution in [1.82, 2.24) is 89.3 Å². The van der Waals surface area contributed by atoms with Gasteiger partial charge < -0.3 is 110 Å². The van der Waals surface area contributed by atoms with E-state index in [1.54, 1.807) is 31.9 Å². The van der Waals surface area contributed by atoms with Crippen LogP contribution in [0.25, 0.3) is 0 Å². The summed E-state index contributed by atoms with van der Waals surface area (Å²) in [5.74, 6) is -12.7. The zero-order chi connectivity index (χ0) is 73.8. The number of nitrogens with one attached hydrogen (secondary N) is 15. The third kappa shape index (κ3) is 27.8. The van der Waals surface area contributed by atoms with Crippen LogP contribution in [0.3, 0.4) is 0 Å². The molecule has 21 N–H and O–H groups in total. The molecule has 3 aliphatic rings. The van der Waals surface area contributed by atoms with E-state index in [1.165, 1.54) is 52.0 Å². The summed E-state index contributed by atoms with van der Waals surface area (Å²) in [6.07, 6.45) is 6.29. The van der Waals surface area contributed by atoms with Crippen molar-refractivity contribution in [2.45, 2.75) is 171 Å². The van der Waals surface area contributed by atoms with Gasteiger partial charge in [-0.05, 0) is 69.8 Å². The van der Waals surface area contributed by atoms with Crippen molar-refractivity contribution in [2.75, 3.05) is 63.8 Å². The Morgan fingerprint density at radius 3 is 1.83 bits per heavy atom. The fourth-order valence-electron chi connectivity index (χ4n) is 10.3. The van der Waals surface area contributed by atoms with Gasteiger partial charge >= 0.3 is 13.9 Å². The molecule has 3 saturated heterocycles. The SMILES string of the molecule is CSCC[C@H](NC(=O)[C@@H]1CCCN1C(=O)[C@H](COP(=O)(O)O)NC(=O)[C@H](Cc1cnc[nH]1)NC(=O)[C@@H](NC(=O)CNC(=O)[C@H](C)NC(=O)[C@@H](NC(=O)CNC(=O)CNC(=O)CCCC[C@@H]1SC[C@@H]2NC(=O)N[C@@H]21)C(C)C)C(C)C)C(=O)N[C@@H](C)C(=O)N[C@@H](CO)C(=O)N[C@@H](CO)C(N)=O. The highest BCUT2D eigenvalue weighted by Gasteiger charge is 2.44. The van der Waals surface area contributed by atoms with Crippen molar-refractivity contribution in [3.8, 4) is 0 Å². The second-order valence-corrected chi connectivity index (χ2v) is 27.8. The number of phosphoric acid groups is 1. The summed E-state index contributed by atoms with van der Waals surface area (Å²) in [7, 11) is -5.38. The maximum Gasteiger partial charge on any atom is 0.469 e. The summed E-state index contributed by atoms with van der Waals surface area (Å²) < 4.78 is 16.7. The zero-order valence-corrected chi connectivity index (χ0v) is 58.3. The topological polar surface area (TPSA) is 590 Å². The molecule has 1 aromatic heterocycles. The molecule has 0 radical (unpaired) electrons. The van der Waals surface area contributed by atoms with Gasteiger partial charge in [-0.1, -0.05) is 34.1 Å². The van der Waals surface area contributed by atoms with Gasteiger partial charge in [0.2, 0.25) is 82.7 Å². The monoisotopic (exact) mass is 1460 g/mol. The summed E-state index contributed by atoms with van der Waals surface area (Å²) in [4.78, 5) is 224. The van der Waals surface area contributed by atoms with Crippen molar-refractivity contribution in [3.63, 3.8) is 0 Å². The van der Waals surface area contributed by atoms with Crippen molar-refractivity contribution in [2.24, 2.45) is 17.6 Å². The Hall–Kier alpha value is -8.21. The van der Waals surface area contributed by atoms with Gasteiger partial charge in [-0.3, -0.25) is 71.6 Å². The van der Waals surface area contributed by atoms with E-state index in [9.17, 15) is 96.5 Å². The molecule has 0 saturated carbocycles. The van der Waals surface area contributed by atoms with Gasteiger partial charge in [0.05, 0.1) is 57.9 Å². The van der Waals surface area contributed by atoms with Crippen molar-refractivity contribution >= 4 is 120 Å². The molecular formula is C57H93N18O21PS2. The van der Waals surface area contributed by atoms with E-state index in [2.05, 4.69) is 88.9 Å². The second kappa shape index (κ2) is 40.8. The molecule has 4 rings (SSSR count). The maximum atomic E-state index is 14.5. The standard InChI is InChI=1S/C57H93N18O21PS2/c1-27(2)44(72-42(80)20-61-41(79)19-60-40(78)13-9-8-12-39-46-37(25-99-39)71-57(92)74-46)54(89)65-29(5)48(83)62-21-43(81)73-45(28(3)4)55(90)67-33(17-31-18-59-26-63-31)51(86)70-36(24-96-97(93,94)95)56(91)75-15-10-11-38(75)53(88)66-32(14-16-98-7)50(85)64-30(6)49(84)69-35(23-77)52(87)68-34(22-76)47(58)82/h18,26-30,32-39,44-46,76-77H,8-17,19-25H2,1-7H3,(H2,58,82)(H,59,63)(H,60,78)(H,61,79)(H,62,83)(H,64,85)(H,65,89)(H,66,88)(H,67,90)(H,68,87)(H,69,84)(H,70,86)(H,72,80)(H,73,81)(H2,71,74,92)(H2,93,94,95)/t29-,30-,32-,33-,34-,35-,36-,37-,38-,39-,44-,45-,46-/m0/s1. The van der Waals surface area contributed by atoms with Crippen LogP contribution in [0.5, 0.6) is 0 Å². The number of aliphatic hydroxyl groups is 2. The van der Waals surface area contributed by atoms with Gasteiger partial charge in [0.25, 0.3) is 0 Å². The Morgan fingerprint density at radius 1 is 0.677 bits per heavy atom. The number of H-pyrrole nitrogens is 1. The van der Waals surface area contributed by atoms with E-state index in [-0.39, 0.29) is 79.4 Å². The molecule has 16 amide bonds. The van der Waals surface area contributed by atoms with E-state index in [0.29, 0.717) is 6.42 Å². The summed E-state index contributed by atoms with van der Waals surface area (Å²) in [5.41, 5.74) is 5.38. The van der Waals surface area contributed by atoms with Crippen molar-refractivity contribution in [1.29, 1.82) is 0 Å². The summed E-state index contributed by atoms with van der Waals surface area (Å²) >= 11 is 3.05. The number of urea groups is 1. The smallest absolute Gasteiger partial charge is 0.394 e. The second-order valence-electron chi connectivity index (χ2n) is 24.3. The normalized spacial score (nSPS) is 19.1. The number of aromatic nitrogens is 2. The van der Waals surface area contributed by atoms with Crippen LogP contribution in [0.4, 0.5) is 4.79 Å². The summed E-state index contributed by atoms with van der Waals surface area (Å²) in [5, 5.41) is 53.9. The molecule has 13 atom stereocenters. The highest BCUT2D eigenvalue weighted by molar-refractivity contribution is 8.00. The molecule has 0 spiro atoms. The average molecular weight is 1460 g/mol. The lowest BCUT2D eigenvalue weighted by Gasteiger charge is -2.31. The first kappa shape index (κ1) is 83.2. The number of fused-ring (bicyclic) bond motifs is 1. The fourth-order valence-corrected chi connectivity index (χ4v) is 12.7. The molecule has 0 unspecified atom stereocenters. The van der Waals surface area contributed by atoms with Crippen LogP contribution in [-0.2, 0) is 82.6 Å². The lowest BCUT2D eigenvalue weighted by molar-refractivity contribution is -0.143. The molecule has 4 heterocycles. The van der Waals surface area contributed by atoms with Crippen LogP contribution in [-0.4, -0.2) is 265 Å². The van der Waals surface area contributed by atoms with Gasteiger partial charge in [0.15, 0.2) is 0 Å². The van der Waals surface area contributed by atoms with E-state index in [1.807, 2.05) is 0 Å². The van der Waals surface area contributed by atoms with Crippen molar-refractivity contribution < 1.29 is 101 Å². The van der Waals surface area contributed by atoms with Crippen LogP contribution in [0.15, 0.2) is 12.5 Å². The number of carbonyl (C=O) groups excluding carboxylic acids is 15. The Balaban J connectivity index is 1.33. The number of imidazole rings is 1. The van der Waals surface area contributed by atoms with Crippen LogP contribution >= 0.6 is 31.3 Å². The number of likely N-dealkylation sites (tertiary alicyclic amines) is 1. The number of rotatable bonds is 42. The van der Waals surface area contributed by atoms with Crippen LogP contribution in [0.1, 0.15) is 92.2 Å². The quantitative estimate of drug-likeness (QED) is 0.0164. The summed E-state index contributed by atoms with van der Waals surface area (Å²) in [6, 6.07) is -14.9. The van der Waals surface area contributed by atoms with Crippen molar-refractivity contribution in [3.05, 3.63) is 18.2 Å². The Labute approximate surface area is 578 Å². The number of primary amides is 1. The lowest BCUT2D eigenvalue weighted by Crippen LogP contribution is -2.61. The number of phosphoric ester groups is 1. The van der Waals surface area contributed by atoms with Gasteiger partial charge in [-0.25, -0.2) is 14.3 Å². The number of thioether (sulfide) groups is 2. The predicted octanol–water partition coefficient (Wildman–Crippen LogP) is -7.94. The minimum Gasteiger partial charge on any atom is -0.394 e. The molecule has 554 valence electrons. The number of aromatic amines is 1. The van der Waals surface area contributed by atoms with E-state index >= 15 is 0 Å². The molecule has 3 fully saturated rings. The average Bonchev–Trinajstić information content (AvgIpc) is 1.71. The number of hydrogen-bond acceptors (Lipinski definition) is 22. The van der Waals surface area contributed by atoms with E-state index in [0.717, 1.165) is 23.5 Å². The van der Waals surface area contributed by atoms with Crippen LogP contribution in [0.2, 0.25) is 0 Å². The highest BCUT2D eigenvalue weighted by atomic mass is 32.2. The molecule has 3 aliphatic heterocycles. The predicted molar refractivity (Wildman–Crippen MR) is 353 cm³/mol. The Bertz CT molecular complexity index is 3080. The van der Waals surface area contributed by atoms with E-state index < -0.39 is 196 Å². The Kier molecular flexibility index (Phi) is 34.3. The maximum absolute atomic E-state index is 14.5. The lowest BCUT2D eigenvalue weighted by atomic mass is 10.0. The molecule has 39 nitrogen and oxygen atoms in total. The van der Waals surface area contributed by atoms with E-state index in [4.69, 9.17) is 5.73 Å². The number of hydrogen-bond donors (Lipinski definition) is 20. The number of carbonyl (C=O) groups is 15. The zero-order valence-electron chi connectivity index (χ0n) is 55.8. The van der Waals surface area contributed by atoms with Gasteiger partial charge in [0.1, 0.15) is 60.4 Å². The minimum atomic E-state index is -5.38. The molecule has 1 aromatic rings. The number of nitrogens with zero attached hydrogens (tertiary/aromatic N) is 2. The molecule has 42 heteroatoms. The number of nitrogens with two attached hydrogens (primary N) is 1.